The highest BCUT2D eigenvalue weighted by Crippen LogP contribution is 2.29. The first-order chi connectivity index (χ1) is 11.0. The summed E-state index contributed by atoms with van der Waals surface area (Å²) >= 11 is 0. The van der Waals surface area contributed by atoms with Gasteiger partial charge >= 0.3 is 0 Å². The fraction of sp³-hybridized carbons (Fsp3) is 0.111. The Morgan fingerprint density at radius 2 is 1.65 bits per heavy atom. The number of anilines is 1. The van der Waals surface area contributed by atoms with E-state index in [0.29, 0.717) is 11.1 Å². The number of hydrogen-bond donors (Lipinski definition) is 0. The van der Waals surface area contributed by atoms with E-state index in [1.54, 1.807) is 55.5 Å². The average molecular weight is 325 g/mol. The van der Waals surface area contributed by atoms with Crippen molar-refractivity contribution < 1.29 is 8.42 Å². The molecule has 0 bridgehead atoms. The van der Waals surface area contributed by atoms with Crippen LogP contribution in [0.1, 0.15) is 0 Å². The minimum absolute atomic E-state index is 0.285. The maximum absolute atomic E-state index is 13.3. The topological polar surface area (TPSA) is 40.6 Å². The molecule has 3 aromatic rings. The molecule has 0 aliphatic heterocycles. The van der Waals surface area contributed by atoms with E-state index in [1.807, 2.05) is 30.3 Å². The molecule has 0 fully saturated rings. The third-order valence-electron chi connectivity index (χ3n) is 3.53. The quantitative estimate of drug-likeness (QED) is 0.691. The lowest BCUT2D eigenvalue weighted by Crippen LogP contribution is -2.42. The minimum Gasteiger partial charge on any atom is -0.213 e. The summed E-state index contributed by atoms with van der Waals surface area (Å²) in [5, 5.41) is 3.16. The smallest absolute Gasteiger partial charge is 0.213 e. The molecule has 3 aromatic carbocycles. The molecular weight excluding hydrogens is 308 g/mol. The highest BCUT2D eigenvalue weighted by atomic mass is 32.2. The molecular formula is C18H17N2O2S. The van der Waals surface area contributed by atoms with Crippen molar-refractivity contribution >= 4 is 26.5 Å². The van der Waals surface area contributed by atoms with Crippen molar-refractivity contribution in [2.75, 3.05) is 18.5 Å². The molecule has 1 radical (unpaired) electrons. The highest BCUT2D eigenvalue weighted by molar-refractivity contribution is 7.93. The first-order valence-corrected chi connectivity index (χ1v) is 8.62. The fourth-order valence-electron chi connectivity index (χ4n) is 2.60. The van der Waals surface area contributed by atoms with Crippen molar-refractivity contribution in [2.24, 2.45) is 0 Å². The largest absolute Gasteiger partial charge is 0.278 e. The Labute approximate surface area is 136 Å². The maximum Gasteiger partial charge on any atom is 0.278 e. The molecule has 0 spiro atoms. The zero-order valence-electron chi connectivity index (χ0n) is 13.0. The Balaban J connectivity index is 2.23. The summed E-state index contributed by atoms with van der Waals surface area (Å²) in [7, 11) is -0.333. The molecule has 23 heavy (non-hydrogen) atoms. The van der Waals surface area contributed by atoms with Crippen molar-refractivity contribution in [1.82, 2.24) is 5.01 Å². The standard InChI is InChI=1S/C18H17N2O2S/c1-19(2)20(16-11-4-3-5-12-16)23(21,22)18-14-8-10-15-9-6-7-13-17(15)18/h3-4,6-14H,1-2H3. The van der Waals surface area contributed by atoms with Gasteiger partial charge in [-0.3, -0.25) is 0 Å². The molecule has 0 saturated heterocycles. The zero-order valence-corrected chi connectivity index (χ0v) is 13.8. The van der Waals surface area contributed by atoms with Crippen LogP contribution in [0.4, 0.5) is 5.69 Å². The highest BCUT2D eigenvalue weighted by Gasteiger charge is 2.28. The molecule has 0 amide bonds. The van der Waals surface area contributed by atoms with E-state index in [-0.39, 0.29) is 4.90 Å². The molecule has 0 unspecified atom stereocenters. The van der Waals surface area contributed by atoms with E-state index in [4.69, 9.17) is 0 Å². The second-order valence-corrected chi connectivity index (χ2v) is 7.07. The monoisotopic (exact) mass is 325 g/mol. The van der Waals surface area contributed by atoms with Crippen LogP contribution >= 0.6 is 0 Å². The van der Waals surface area contributed by atoms with Crippen molar-refractivity contribution in [3.05, 3.63) is 72.8 Å². The third kappa shape index (κ3) is 2.81. The van der Waals surface area contributed by atoms with E-state index in [0.717, 1.165) is 5.39 Å². The van der Waals surface area contributed by atoms with Gasteiger partial charge in [-0.1, -0.05) is 48.5 Å². The molecule has 0 saturated carbocycles. The first kappa shape index (κ1) is 15.5. The molecule has 4 nitrogen and oxygen atoms in total. The Kier molecular flexibility index (Phi) is 4.07. The van der Waals surface area contributed by atoms with Gasteiger partial charge in [0, 0.05) is 19.5 Å². The lowest BCUT2D eigenvalue weighted by Gasteiger charge is -2.30. The molecule has 117 valence electrons. The van der Waals surface area contributed by atoms with E-state index in [1.165, 1.54) is 4.41 Å². The van der Waals surface area contributed by atoms with Gasteiger partial charge in [0.05, 0.1) is 10.6 Å². The maximum atomic E-state index is 13.3. The van der Waals surface area contributed by atoms with Gasteiger partial charge in [0.1, 0.15) is 0 Å². The van der Waals surface area contributed by atoms with Crippen LogP contribution in [0.3, 0.4) is 0 Å². The minimum atomic E-state index is -3.74. The molecule has 0 aliphatic carbocycles. The van der Waals surface area contributed by atoms with Gasteiger partial charge in [-0.2, -0.15) is 12.8 Å². The molecule has 0 heterocycles. The van der Waals surface area contributed by atoms with E-state index in [2.05, 4.69) is 6.07 Å². The summed E-state index contributed by atoms with van der Waals surface area (Å²) < 4.78 is 27.8. The van der Waals surface area contributed by atoms with Crippen molar-refractivity contribution in [2.45, 2.75) is 4.90 Å². The van der Waals surface area contributed by atoms with Crippen LogP contribution < -0.4 is 4.41 Å². The van der Waals surface area contributed by atoms with Crippen LogP contribution in [0.25, 0.3) is 10.8 Å². The van der Waals surface area contributed by atoms with Crippen LogP contribution in [0.5, 0.6) is 0 Å². The fourth-order valence-corrected chi connectivity index (χ4v) is 4.32. The number of hydrogen-bond acceptors (Lipinski definition) is 3. The van der Waals surface area contributed by atoms with Crippen LogP contribution in [-0.4, -0.2) is 27.5 Å². The van der Waals surface area contributed by atoms with Gasteiger partial charge in [0.25, 0.3) is 10.0 Å². The summed E-state index contributed by atoms with van der Waals surface area (Å²) in [6, 6.07) is 22.6. The molecule has 0 N–H and O–H groups in total. The summed E-state index contributed by atoms with van der Waals surface area (Å²) in [4.78, 5) is 0.285. The predicted molar refractivity (Wildman–Crippen MR) is 92.6 cm³/mol. The van der Waals surface area contributed by atoms with Crippen molar-refractivity contribution in [3.8, 4) is 0 Å². The van der Waals surface area contributed by atoms with Gasteiger partial charge in [-0.15, -0.1) is 0 Å². The summed E-state index contributed by atoms with van der Waals surface area (Å²) in [5.74, 6) is 0. The van der Waals surface area contributed by atoms with E-state index >= 15 is 0 Å². The van der Waals surface area contributed by atoms with Gasteiger partial charge in [-0.05, 0) is 29.7 Å². The van der Waals surface area contributed by atoms with Gasteiger partial charge < -0.3 is 0 Å². The number of fused-ring (bicyclic) bond motifs is 1. The second kappa shape index (κ2) is 6.02. The average Bonchev–Trinajstić information content (AvgIpc) is 2.54. The summed E-state index contributed by atoms with van der Waals surface area (Å²) in [5.41, 5.74) is 0.547. The summed E-state index contributed by atoms with van der Waals surface area (Å²) in [6.07, 6.45) is 0. The Morgan fingerprint density at radius 3 is 2.35 bits per heavy atom. The van der Waals surface area contributed by atoms with E-state index in [9.17, 15) is 8.42 Å². The Morgan fingerprint density at radius 1 is 0.913 bits per heavy atom. The lowest BCUT2D eigenvalue weighted by atomic mass is 10.1. The third-order valence-corrected chi connectivity index (χ3v) is 5.43. The first-order valence-electron chi connectivity index (χ1n) is 7.18. The number of rotatable bonds is 4. The predicted octanol–water partition coefficient (Wildman–Crippen LogP) is 3.31. The van der Waals surface area contributed by atoms with E-state index < -0.39 is 10.0 Å². The molecule has 5 heteroatoms. The number of nitrogens with zero attached hydrogens (tertiary/aromatic N) is 2. The summed E-state index contributed by atoms with van der Waals surface area (Å²) in [6.45, 7) is 0. The van der Waals surface area contributed by atoms with Gasteiger partial charge in [-0.25, -0.2) is 5.01 Å². The molecule has 0 aromatic heterocycles. The van der Waals surface area contributed by atoms with Crippen LogP contribution in [0.2, 0.25) is 0 Å². The Bertz CT molecular complexity index is 917. The van der Waals surface area contributed by atoms with Crippen LogP contribution in [0.15, 0.2) is 71.6 Å². The van der Waals surface area contributed by atoms with Crippen LogP contribution in [-0.2, 0) is 10.0 Å². The molecule has 0 aliphatic rings. The molecule has 0 atom stereocenters. The molecule has 3 rings (SSSR count). The Hall–Kier alpha value is -2.37. The number of hydrazine groups is 1. The number of sulfonamides is 1. The number of benzene rings is 3. The van der Waals surface area contributed by atoms with Crippen LogP contribution in [0, 0.1) is 6.07 Å². The lowest BCUT2D eigenvalue weighted by molar-refractivity contribution is 0.425. The SMILES string of the molecule is CN(C)N(c1c[c]ccc1)S(=O)(=O)c1cccc2ccccc12. The van der Waals surface area contributed by atoms with Crippen molar-refractivity contribution in [1.29, 1.82) is 0 Å². The second-order valence-electron chi connectivity index (χ2n) is 5.33. The zero-order chi connectivity index (χ0) is 16.4. The van der Waals surface area contributed by atoms with Crippen molar-refractivity contribution in [3.63, 3.8) is 0 Å². The normalized spacial score (nSPS) is 11.8. The van der Waals surface area contributed by atoms with Gasteiger partial charge in [0.15, 0.2) is 0 Å². The van der Waals surface area contributed by atoms with Gasteiger partial charge in [0.2, 0.25) is 0 Å².